The second-order valence-electron chi connectivity index (χ2n) is 7.69. The molecule has 2 aromatic carbocycles. The summed E-state index contributed by atoms with van der Waals surface area (Å²) in [4.78, 5) is 11.2. The number of sulfonamides is 1. The van der Waals surface area contributed by atoms with Gasteiger partial charge in [-0.3, -0.25) is 0 Å². The molecule has 8 heteroatoms. The van der Waals surface area contributed by atoms with Crippen LogP contribution in [0.25, 0.3) is 11.3 Å². The number of ether oxygens (including phenoxy) is 1. The van der Waals surface area contributed by atoms with Crippen molar-refractivity contribution >= 4 is 15.8 Å². The number of nitrogens with zero attached hydrogens (tertiary/aromatic N) is 4. The molecule has 1 fully saturated rings. The van der Waals surface area contributed by atoms with Gasteiger partial charge >= 0.3 is 0 Å². The van der Waals surface area contributed by atoms with E-state index in [1.807, 2.05) is 36.4 Å². The number of unbranched alkanes of at least 4 members (excludes halogenated alkanes) is 1. The molecule has 0 N–H and O–H groups in total. The molecule has 0 radical (unpaired) electrons. The average Bonchev–Trinajstić information content (AvgIpc) is 2.85. The van der Waals surface area contributed by atoms with Gasteiger partial charge < -0.3 is 9.64 Å². The number of benzene rings is 2. The van der Waals surface area contributed by atoms with Gasteiger partial charge in [0.15, 0.2) is 0 Å². The van der Waals surface area contributed by atoms with Crippen molar-refractivity contribution < 1.29 is 13.2 Å². The SMILES string of the molecule is CCCCOc1ccc(S(=O)(=O)N2CCN(c3cc(-c4ccccc4)ncn3)CC2)cc1. The summed E-state index contributed by atoms with van der Waals surface area (Å²) in [5, 5.41) is 0. The maximum Gasteiger partial charge on any atom is 0.243 e. The maximum absolute atomic E-state index is 13.1. The maximum atomic E-state index is 13.1. The third-order valence-corrected chi connectivity index (χ3v) is 7.43. The van der Waals surface area contributed by atoms with Crippen molar-refractivity contribution in [1.82, 2.24) is 14.3 Å². The van der Waals surface area contributed by atoms with Gasteiger partial charge in [0.25, 0.3) is 0 Å². The molecule has 0 atom stereocenters. The number of aromatic nitrogens is 2. The van der Waals surface area contributed by atoms with Gasteiger partial charge in [0.2, 0.25) is 10.0 Å². The number of rotatable bonds is 8. The van der Waals surface area contributed by atoms with Gasteiger partial charge in [0, 0.05) is 37.8 Å². The van der Waals surface area contributed by atoms with Crippen molar-refractivity contribution in [2.75, 3.05) is 37.7 Å². The molecule has 0 unspecified atom stereocenters. The zero-order chi connectivity index (χ0) is 22.4. The van der Waals surface area contributed by atoms with Crippen molar-refractivity contribution in [1.29, 1.82) is 0 Å². The van der Waals surface area contributed by atoms with Crippen LogP contribution in [0.3, 0.4) is 0 Å². The minimum absolute atomic E-state index is 0.294. The minimum atomic E-state index is -3.54. The van der Waals surface area contributed by atoms with E-state index in [0.29, 0.717) is 43.4 Å². The molecule has 0 amide bonds. The van der Waals surface area contributed by atoms with Crippen molar-refractivity contribution in [2.24, 2.45) is 0 Å². The van der Waals surface area contributed by atoms with Crippen LogP contribution in [0.1, 0.15) is 19.8 Å². The molecular formula is C24H28N4O3S. The highest BCUT2D eigenvalue weighted by Gasteiger charge is 2.29. The lowest BCUT2D eigenvalue weighted by Crippen LogP contribution is -2.48. The van der Waals surface area contributed by atoms with Crippen LogP contribution in [0.2, 0.25) is 0 Å². The van der Waals surface area contributed by atoms with Gasteiger partial charge in [-0.25, -0.2) is 18.4 Å². The molecule has 1 aliphatic rings. The van der Waals surface area contributed by atoms with Gasteiger partial charge in [-0.2, -0.15) is 4.31 Å². The topological polar surface area (TPSA) is 75.6 Å². The normalized spacial score (nSPS) is 15.0. The van der Waals surface area contributed by atoms with E-state index in [1.165, 1.54) is 4.31 Å². The number of anilines is 1. The first kappa shape index (κ1) is 22.2. The van der Waals surface area contributed by atoms with Gasteiger partial charge in [0.1, 0.15) is 17.9 Å². The zero-order valence-electron chi connectivity index (χ0n) is 18.2. The van der Waals surface area contributed by atoms with E-state index in [9.17, 15) is 8.42 Å². The summed E-state index contributed by atoms with van der Waals surface area (Å²) in [7, 11) is -3.54. The quantitative estimate of drug-likeness (QED) is 0.484. The second-order valence-corrected chi connectivity index (χ2v) is 9.63. The number of piperazine rings is 1. The van der Waals surface area contributed by atoms with Crippen molar-refractivity contribution in [3.05, 3.63) is 67.0 Å². The van der Waals surface area contributed by atoms with Crippen molar-refractivity contribution in [3.63, 3.8) is 0 Å². The summed E-state index contributed by atoms with van der Waals surface area (Å²) in [5.41, 5.74) is 1.88. The van der Waals surface area contributed by atoms with Gasteiger partial charge in [0.05, 0.1) is 17.2 Å². The molecule has 0 bridgehead atoms. The highest BCUT2D eigenvalue weighted by molar-refractivity contribution is 7.89. The van der Waals surface area contributed by atoms with Crippen LogP contribution in [0.5, 0.6) is 5.75 Å². The molecule has 4 rings (SSSR count). The first-order valence-corrected chi connectivity index (χ1v) is 12.4. The molecule has 0 spiro atoms. The largest absolute Gasteiger partial charge is 0.494 e. The second kappa shape index (κ2) is 10.1. The third-order valence-electron chi connectivity index (χ3n) is 5.51. The van der Waals surface area contributed by atoms with E-state index in [2.05, 4.69) is 21.8 Å². The van der Waals surface area contributed by atoms with Gasteiger partial charge in [-0.15, -0.1) is 0 Å². The number of hydrogen-bond donors (Lipinski definition) is 0. The van der Waals surface area contributed by atoms with Crippen LogP contribution < -0.4 is 9.64 Å². The Balaban J connectivity index is 1.40. The van der Waals surface area contributed by atoms with E-state index < -0.39 is 10.0 Å². The molecule has 1 saturated heterocycles. The van der Waals surface area contributed by atoms with Crippen LogP contribution in [0.4, 0.5) is 5.82 Å². The Labute approximate surface area is 189 Å². The Hall–Kier alpha value is -2.97. The van der Waals surface area contributed by atoms with Crippen LogP contribution in [0, 0.1) is 0 Å². The highest BCUT2D eigenvalue weighted by Crippen LogP contribution is 2.24. The van der Waals surface area contributed by atoms with E-state index in [0.717, 1.165) is 29.9 Å². The predicted octanol–water partition coefficient (Wildman–Crippen LogP) is 3.83. The fourth-order valence-electron chi connectivity index (χ4n) is 3.64. The lowest BCUT2D eigenvalue weighted by molar-refractivity contribution is 0.309. The fraction of sp³-hybridized carbons (Fsp3) is 0.333. The smallest absolute Gasteiger partial charge is 0.243 e. The van der Waals surface area contributed by atoms with E-state index in [1.54, 1.807) is 30.6 Å². The minimum Gasteiger partial charge on any atom is -0.494 e. The standard InChI is InChI=1S/C24H28N4O3S/c1-2-3-17-31-21-9-11-22(12-10-21)32(29,30)28-15-13-27(14-16-28)24-18-23(25-19-26-24)20-7-5-4-6-8-20/h4-12,18-19H,2-3,13-17H2,1H3. The summed E-state index contributed by atoms with van der Waals surface area (Å²) < 4.78 is 33.3. The molecule has 168 valence electrons. The summed E-state index contributed by atoms with van der Waals surface area (Å²) >= 11 is 0. The van der Waals surface area contributed by atoms with Crippen LogP contribution in [0.15, 0.2) is 71.9 Å². The lowest BCUT2D eigenvalue weighted by atomic mass is 10.1. The molecule has 32 heavy (non-hydrogen) atoms. The van der Waals surface area contributed by atoms with E-state index >= 15 is 0 Å². The molecule has 0 saturated carbocycles. The molecule has 7 nitrogen and oxygen atoms in total. The van der Waals surface area contributed by atoms with E-state index in [4.69, 9.17) is 4.74 Å². The lowest BCUT2D eigenvalue weighted by Gasteiger charge is -2.34. The van der Waals surface area contributed by atoms with E-state index in [-0.39, 0.29) is 0 Å². The third kappa shape index (κ3) is 5.08. The highest BCUT2D eigenvalue weighted by atomic mass is 32.2. The Morgan fingerprint density at radius 3 is 2.34 bits per heavy atom. The van der Waals surface area contributed by atoms with Crippen LogP contribution in [-0.2, 0) is 10.0 Å². The number of hydrogen-bond acceptors (Lipinski definition) is 6. The molecular weight excluding hydrogens is 424 g/mol. The Morgan fingerprint density at radius 1 is 0.938 bits per heavy atom. The summed E-state index contributed by atoms with van der Waals surface area (Å²) in [6.07, 6.45) is 3.59. The predicted molar refractivity (Wildman–Crippen MR) is 125 cm³/mol. The molecule has 2 heterocycles. The Kier molecular flexibility index (Phi) is 7.02. The first-order valence-electron chi connectivity index (χ1n) is 10.9. The Morgan fingerprint density at radius 2 is 1.66 bits per heavy atom. The fourth-order valence-corrected chi connectivity index (χ4v) is 5.06. The monoisotopic (exact) mass is 452 g/mol. The molecule has 0 aliphatic carbocycles. The Bertz CT molecular complexity index is 1110. The van der Waals surface area contributed by atoms with Crippen LogP contribution in [-0.4, -0.2) is 55.5 Å². The first-order chi connectivity index (χ1) is 15.6. The van der Waals surface area contributed by atoms with Gasteiger partial charge in [-0.1, -0.05) is 43.7 Å². The summed E-state index contributed by atoms with van der Waals surface area (Å²) in [6.45, 7) is 4.69. The van der Waals surface area contributed by atoms with Crippen molar-refractivity contribution in [3.8, 4) is 17.0 Å². The summed E-state index contributed by atoms with van der Waals surface area (Å²) in [6, 6.07) is 18.6. The van der Waals surface area contributed by atoms with Crippen LogP contribution >= 0.6 is 0 Å². The molecule has 3 aromatic rings. The van der Waals surface area contributed by atoms with Crippen molar-refractivity contribution in [2.45, 2.75) is 24.7 Å². The summed E-state index contributed by atoms with van der Waals surface area (Å²) in [5.74, 6) is 1.50. The molecule has 1 aromatic heterocycles. The average molecular weight is 453 g/mol. The zero-order valence-corrected chi connectivity index (χ0v) is 19.0. The van der Waals surface area contributed by atoms with Gasteiger partial charge in [-0.05, 0) is 30.7 Å². The molecule has 1 aliphatic heterocycles.